The Bertz CT molecular complexity index is 10300. The van der Waals surface area contributed by atoms with E-state index in [0.29, 0.717) is 0 Å². The Hall–Kier alpha value is -17.9. The van der Waals surface area contributed by atoms with Gasteiger partial charge >= 0.3 is 0 Å². The molecule has 3 aliphatic heterocycles. The van der Waals surface area contributed by atoms with E-state index in [9.17, 15) is 0 Å². The summed E-state index contributed by atoms with van der Waals surface area (Å²) < 4.78 is 16.0. The van der Waals surface area contributed by atoms with Gasteiger partial charge in [0, 0.05) is 110 Å². The highest BCUT2D eigenvalue weighted by atomic mass is 28.3. The summed E-state index contributed by atoms with van der Waals surface area (Å²) in [6, 6.07) is 162. The van der Waals surface area contributed by atoms with E-state index in [-0.39, 0.29) is 5.41 Å². The summed E-state index contributed by atoms with van der Waals surface area (Å²) in [5, 5.41) is 20.3. The van der Waals surface area contributed by atoms with E-state index in [0.717, 1.165) is 146 Å². The zero-order valence-electron chi connectivity index (χ0n) is 83.6. The largest absolute Gasteiger partial charge is 0.456 e. The molecule has 1 aliphatic carbocycles. The molecule has 0 N–H and O–H groups in total. The Morgan fingerprint density at radius 3 is 1.00 bits per heavy atom. The summed E-state index contributed by atoms with van der Waals surface area (Å²) in [5.74, 6) is 2.25. The molecular formula is C135H98N10OSi3. The highest BCUT2D eigenvalue weighted by Gasteiger charge is 2.46. The molecule has 0 bridgehead atoms. The van der Waals surface area contributed by atoms with Crippen molar-refractivity contribution >= 4 is 165 Å². The van der Waals surface area contributed by atoms with Gasteiger partial charge in [0.25, 0.3) is 0 Å². The van der Waals surface area contributed by atoms with Crippen LogP contribution in [0.5, 0.6) is 0 Å². The second kappa shape index (κ2) is 33.3. The van der Waals surface area contributed by atoms with Crippen LogP contribution in [-0.4, -0.2) is 72.4 Å². The lowest BCUT2D eigenvalue weighted by Gasteiger charge is -2.22. The summed E-state index contributed by atoms with van der Waals surface area (Å²) in [5.41, 5.74) is 37.6. The maximum Gasteiger partial charge on any atom is 0.162 e. The van der Waals surface area contributed by atoms with Crippen molar-refractivity contribution in [3.8, 4) is 136 Å². The van der Waals surface area contributed by atoms with Crippen LogP contribution in [0.25, 0.3) is 245 Å². The van der Waals surface area contributed by atoms with E-state index in [1.54, 1.807) is 0 Å². The number of nitrogens with zero attached hydrogens (tertiary/aromatic N) is 10. The van der Waals surface area contributed by atoms with Crippen LogP contribution in [0.2, 0.25) is 39.3 Å². The monoisotopic (exact) mass is 1960 g/mol. The van der Waals surface area contributed by atoms with Crippen molar-refractivity contribution in [2.75, 3.05) is 0 Å². The fourth-order valence-corrected chi connectivity index (χ4v) is 35.2. The van der Waals surface area contributed by atoms with Crippen molar-refractivity contribution in [3.05, 3.63) is 460 Å². The second-order valence-corrected chi connectivity index (χ2v) is 55.1. The van der Waals surface area contributed by atoms with Crippen LogP contribution in [0, 0.1) is 0 Å². The van der Waals surface area contributed by atoms with E-state index in [2.05, 4.69) is 508 Å². The Kier molecular flexibility index (Phi) is 19.6. The third-order valence-corrected chi connectivity index (χ3v) is 43.0. The molecule has 31 rings (SSSR count). The highest BCUT2D eigenvalue weighted by molar-refractivity contribution is 7.05. The zero-order valence-corrected chi connectivity index (χ0v) is 86.6. The number of rotatable bonds is 10. The summed E-state index contributed by atoms with van der Waals surface area (Å²) in [4.78, 5) is 32.6. The Morgan fingerprint density at radius 2 is 0.523 bits per heavy atom. The van der Waals surface area contributed by atoms with Gasteiger partial charge in [-0.15, -0.1) is 0 Å². The van der Waals surface area contributed by atoms with E-state index in [1.807, 2.05) is 12.1 Å². The molecule has 11 nitrogen and oxygen atoms in total. The number of benzene rings is 19. The van der Waals surface area contributed by atoms with Gasteiger partial charge in [0.05, 0.1) is 84.0 Å². The predicted octanol–water partition coefficient (Wildman–Crippen LogP) is 30.4. The molecule has 0 unspecified atom stereocenters. The Balaban J connectivity index is 0.000000105. The number of fused-ring (bicyclic) bond motifs is 27. The summed E-state index contributed by atoms with van der Waals surface area (Å²) in [7, 11) is -6.12. The molecule has 0 saturated heterocycles. The molecule has 0 spiro atoms. The summed E-state index contributed by atoms with van der Waals surface area (Å²) in [6.45, 7) is 19.3. The van der Waals surface area contributed by atoms with E-state index < -0.39 is 24.2 Å². The SMILES string of the molecule is CC1(C)c2ccccc2-c2cc3c(cc21)c1ccccc1n3-c1cccc(-c2nc(-c3ccccc3)c3c(n2)-c2ccccc2[Si]3(C)C)c1.C[Si]1(C)c2ccccc2-c2nc(-c3cccc(-n4c5ccccc5c5cc6c(cc54)c4ccccc4n6-c4ccccc4)c3)nc(-c3ccccc3)c21.C[Si]1(C)c2ccccc2-c2nc(-c3ccccc3-n3c4ccccc4c4cc5oc6ccccc6c5cc43)nc(-c3ccccc3)c21. The first-order chi connectivity index (χ1) is 73.0. The van der Waals surface area contributed by atoms with Gasteiger partial charge in [-0.3, -0.25) is 0 Å². The molecule has 11 heterocycles. The van der Waals surface area contributed by atoms with Crippen LogP contribution in [0.3, 0.4) is 0 Å². The second-order valence-electron chi connectivity index (χ2n) is 42.3. The van der Waals surface area contributed by atoms with Gasteiger partial charge in [-0.1, -0.05) is 387 Å². The minimum absolute atomic E-state index is 0.0549. The van der Waals surface area contributed by atoms with Crippen molar-refractivity contribution in [2.24, 2.45) is 0 Å². The molecule has 0 radical (unpaired) electrons. The average Bonchev–Trinajstić information content (AvgIpc) is 1.57. The van der Waals surface area contributed by atoms with Crippen molar-refractivity contribution in [3.63, 3.8) is 0 Å². The van der Waals surface area contributed by atoms with Crippen LogP contribution in [0.15, 0.2) is 453 Å². The standard InChI is InChI=1S/C48H34N4Si.C45H35N3Si.C42H29N3OSi/c1-53(2)44-27-14-11-24-37(44)46-47(53)45(31-16-5-3-6-17-31)49-48(50-46)32-18-15-21-34(28-32)52-41-26-13-10-23-36(41)39-29-42-38(30-43(39)52)35-22-9-12-25-40(35)51(42)33-19-7-4-8-20-33;1-45(2)36-22-11-8-19-31(36)34-27-39-35(26-37(34)45)32-20-9-12-23-38(32)48(39)30-18-14-17-29(25-30)44-46-41(28-15-6-5-7-16-28)43-42(47-44)33-21-10-13-24-40(33)49(43,3)4;1-47(2)38-23-13-9-19-30(38)40-41(47)39(26-14-4-3-5-15-26)43-42(44-40)29-18-7-11-21-34(29)45-33-20-10-6-16-27(33)31-25-37-32(24-35(31)45)28-17-8-12-22-36(28)46-37/h3-30H,1-2H3;5-27H,1-4H3;3-25H,1-2H3. The molecule has 706 valence electrons. The normalized spacial score (nSPS) is 13.9. The molecule has 27 aromatic rings. The minimum Gasteiger partial charge on any atom is -0.456 e. The lowest BCUT2D eigenvalue weighted by Crippen LogP contribution is -2.50. The van der Waals surface area contributed by atoms with Gasteiger partial charge < -0.3 is 22.7 Å². The van der Waals surface area contributed by atoms with E-state index >= 15 is 0 Å². The number of aromatic nitrogens is 10. The van der Waals surface area contributed by atoms with Crippen molar-refractivity contribution in [1.82, 2.24) is 48.2 Å². The fourth-order valence-electron chi connectivity index (χ4n) is 25.5. The molecule has 4 aliphatic rings. The molecule has 0 atom stereocenters. The summed E-state index contributed by atoms with van der Waals surface area (Å²) >= 11 is 0. The number of para-hydroxylation sites is 7. The third kappa shape index (κ3) is 13.3. The predicted molar refractivity (Wildman–Crippen MR) is 627 cm³/mol. The number of furan rings is 1. The van der Waals surface area contributed by atoms with Crippen LogP contribution >= 0.6 is 0 Å². The van der Waals surface area contributed by atoms with Gasteiger partial charge in [0.2, 0.25) is 0 Å². The van der Waals surface area contributed by atoms with Crippen LogP contribution in [-0.2, 0) is 5.41 Å². The molecular weight excluding hydrogens is 1860 g/mol. The molecule has 19 aromatic carbocycles. The lowest BCUT2D eigenvalue weighted by molar-refractivity contribution is 0.661. The van der Waals surface area contributed by atoms with E-state index in [1.165, 1.54) is 141 Å². The van der Waals surface area contributed by atoms with Gasteiger partial charge in [0.1, 0.15) is 35.4 Å². The van der Waals surface area contributed by atoms with Crippen LogP contribution in [0.4, 0.5) is 0 Å². The Morgan fingerprint density at radius 1 is 0.201 bits per heavy atom. The van der Waals surface area contributed by atoms with Gasteiger partial charge in [-0.25, -0.2) is 29.9 Å². The maximum absolute atomic E-state index is 6.33. The average molecular weight is 1960 g/mol. The Labute approximate surface area is 864 Å². The maximum atomic E-state index is 6.33. The first kappa shape index (κ1) is 87.6. The van der Waals surface area contributed by atoms with Gasteiger partial charge in [-0.2, -0.15) is 0 Å². The molecule has 0 saturated carbocycles. The quantitative estimate of drug-likeness (QED) is 0.125. The molecule has 0 amide bonds. The number of hydrogen-bond acceptors (Lipinski definition) is 7. The molecule has 149 heavy (non-hydrogen) atoms. The van der Waals surface area contributed by atoms with Crippen LogP contribution in [0.1, 0.15) is 25.0 Å². The van der Waals surface area contributed by atoms with E-state index in [4.69, 9.17) is 34.3 Å². The zero-order chi connectivity index (χ0) is 99.6. The van der Waals surface area contributed by atoms with Crippen molar-refractivity contribution < 1.29 is 4.42 Å². The first-order valence-corrected chi connectivity index (χ1v) is 60.5. The van der Waals surface area contributed by atoms with Crippen molar-refractivity contribution in [2.45, 2.75) is 58.5 Å². The van der Waals surface area contributed by atoms with Gasteiger partial charge in [0.15, 0.2) is 17.5 Å². The van der Waals surface area contributed by atoms with Crippen molar-refractivity contribution in [1.29, 1.82) is 0 Å². The molecule has 14 heteroatoms. The fraction of sp³-hybridized carbons (Fsp3) is 0.0667. The lowest BCUT2D eigenvalue weighted by atomic mass is 9.82. The summed E-state index contributed by atoms with van der Waals surface area (Å²) in [6.07, 6.45) is 0. The smallest absolute Gasteiger partial charge is 0.162 e. The molecule has 0 fully saturated rings. The van der Waals surface area contributed by atoms with Gasteiger partial charge in [-0.05, 0) is 185 Å². The first-order valence-electron chi connectivity index (χ1n) is 51.5. The minimum atomic E-state index is -2.05. The highest BCUT2D eigenvalue weighted by Crippen LogP contribution is 2.53. The number of hydrogen-bond donors (Lipinski definition) is 0. The van der Waals surface area contributed by atoms with Crippen LogP contribution < -0.4 is 31.1 Å². The molecule has 8 aromatic heterocycles. The topological polar surface area (TPSA) is 110 Å². The third-order valence-electron chi connectivity index (χ3n) is 32.4.